The van der Waals surface area contributed by atoms with Gasteiger partial charge in [-0.05, 0) is 56.2 Å². The molecule has 1 aliphatic rings. The lowest BCUT2D eigenvalue weighted by atomic mass is 9.83. The number of amides is 1. The number of aliphatic imine (C=N–C) groups is 1. The van der Waals surface area contributed by atoms with Crippen LogP contribution in [0.15, 0.2) is 29.3 Å². The third-order valence-corrected chi connectivity index (χ3v) is 5.32. The van der Waals surface area contributed by atoms with Crippen molar-refractivity contribution in [2.24, 2.45) is 16.1 Å². The molecule has 29 heavy (non-hydrogen) atoms. The number of nitrogens with one attached hydrogen (secondary N) is 2. The van der Waals surface area contributed by atoms with Gasteiger partial charge in [0.05, 0.1) is 6.54 Å². The molecule has 1 amide bonds. The van der Waals surface area contributed by atoms with Gasteiger partial charge in [0, 0.05) is 26.3 Å². The Labute approximate surface area is 174 Å². The standard InChI is InChI=1S/C22H36N4O3/c1-3-24-21(26-17-22(10-5-6-11-22)12-13-28-4-2)25-15-18-8-7-9-19(14-18)29-16-20(23)27/h7-9,14H,3-6,10-13,15-17H2,1-2H3,(H2,23,27)(H2,24,25,26). The molecule has 0 bridgehead atoms. The first-order valence-corrected chi connectivity index (χ1v) is 10.7. The summed E-state index contributed by atoms with van der Waals surface area (Å²) in [6.07, 6.45) is 6.16. The van der Waals surface area contributed by atoms with Crippen LogP contribution in [-0.2, 0) is 16.1 Å². The molecule has 1 saturated carbocycles. The van der Waals surface area contributed by atoms with E-state index in [0.717, 1.165) is 44.2 Å². The van der Waals surface area contributed by atoms with Crippen LogP contribution in [0.1, 0.15) is 51.5 Å². The van der Waals surface area contributed by atoms with Crippen LogP contribution in [0.4, 0.5) is 0 Å². The molecule has 1 aromatic rings. The molecular weight excluding hydrogens is 368 g/mol. The van der Waals surface area contributed by atoms with Gasteiger partial charge in [0.15, 0.2) is 12.6 Å². The molecular formula is C22H36N4O3. The molecule has 2 rings (SSSR count). The average Bonchev–Trinajstić information content (AvgIpc) is 3.18. The maximum atomic E-state index is 10.9. The van der Waals surface area contributed by atoms with Crippen LogP contribution < -0.4 is 21.1 Å². The normalized spacial score (nSPS) is 15.9. The number of ether oxygens (including phenoxy) is 2. The van der Waals surface area contributed by atoms with E-state index in [1.165, 1.54) is 25.7 Å². The SMILES string of the molecule is CCNC(=NCc1cccc(OCC(N)=O)c1)NCC1(CCOCC)CCCC1. The summed E-state index contributed by atoms with van der Waals surface area (Å²) in [5, 5.41) is 6.88. The van der Waals surface area contributed by atoms with E-state index in [-0.39, 0.29) is 6.61 Å². The number of hydrogen-bond donors (Lipinski definition) is 3. The van der Waals surface area contributed by atoms with Crippen molar-refractivity contribution in [2.75, 3.05) is 32.9 Å². The van der Waals surface area contributed by atoms with Gasteiger partial charge < -0.3 is 25.8 Å². The summed E-state index contributed by atoms with van der Waals surface area (Å²) < 4.78 is 11.0. The first-order chi connectivity index (χ1) is 14.1. The number of carbonyl (C=O) groups is 1. The van der Waals surface area contributed by atoms with Crippen LogP contribution in [0, 0.1) is 5.41 Å². The number of carbonyl (C=O) groups excluding carboxylic acids is 1. The second kappa shape index (κ2) is 12.3. The maximum absolute atomic E-state index is 10.9. The van der Waals surface area contributed by atoms with Crippen molar-refractivity contribution in [1.29, 1.82) is 0 Å². The van der Waals surface area contributed by atoms with Gasteiger partial charge in [-0.1, -0.05) is 25.0 Å². The smallest absolute Gasteiger partial charge is 0.255 e. The van der Waals surface area contributed by atoms with Crippen LogP contribution in [0.2, 0.25) is 0 Å². The lowest BCUT2D eigenvalue weighted by Gasteiger charge is -2.30. The number of guanidine groups is 1. The van der Waals surface area contributed by atoms with Gasteiger partial charge in [0.2, 0.25) is 0 Å². The van der Waals surface area contributed by atoms with Crippen LogP contribution >= 0.6 is 0 Å². The largest absolute Gasteiger partial charge is 0.484 e. The minimum absolute atomic E-state index is 0.124. The van der Waals surface area contributed by atoms with Gasteiger partial charge in [-0.15, -0.1) is 0 Å². The fraction of sp³-hybridized carbons (Fsp3) is 0.636. The highest BCUT2D eigenvalue weighted by molar-refractivity contribution is 5.79. The zero-order chi connectivity index (χ0) is 21.0. The highest BCUT2D eigenvalue weighted by atomic mass is 16.5. The molecule has 4 N–H and O–H groups in total. The summed E-state index contributed by atoms with van der Waals surface area (Å²) in [7, 11) is 0. The third-order valence-electron chi connectivity index (χ3n) is 5.32. The molecule has 0 radical (unpaired) electrons. The van der Waals surface area contributed by atoms with Crippen molar-refractivity contribution in [2.45, 2.75) is 52.5 Å². The first-order valence-electron chi connectivity index (χ1n) is 10.7. The Morgan fingerprint density at radius 1 is 1.24 bits per heavy atom. The predicted octanol–water partition coefficient (Wildman–Crippen LogP) is 2.59. The van der Waals surface area contributed by atoms with Gasteiger partial charge in [-0.3, -0.25) is 4.79 Å². The quantitative estimate of drug-likeness (QED) is 0.283. The Morgan fingerprint density at radius 3 is 2.72 bits per heavy atom. The van der Waals surface area contributed by atoms with Crippen LogP contribution in [0.3, 0.4) is 0 Å². The molecule has 0 atom stereocenters. The molecule has 1 aromatic carbocycles. The zero-order valence-electron chi connectivity index (χ0n) is 17.8. The summed E-state index contributed by atoms with van der Waals surface area (Å²) in [6.45, 7) is 7.82. The highest BCUT2D eigenvalue weighted by Crippen LogP contribution is 2.40. The number of benzene rings is 1. The van der Waals surface area contributed by atoms with Crippen molar-refractivity contribution < 1.29 is 14.3 Å². The summed E-state index contributed by atoms with van der Waals surface area (Å²) >= 11 is 0. The number of primary amides is 1. The number of nitrogens with two attached hydrogens (primary N) is 1. The lowest BCUT2D eigenvalue weighted by molar-refractivity contribution is -0.119. The second-order valence-corrected chi connectivity index (χ2v) is 7.61. The summed E-state index contributed by atoms with van der Waals surface area (Å²) in [4.78, 5) is 15.6. The van der Waals surface area contributed by atoms with Gasteiger partial charge in [-0.25, -0.2) is 4.99 Å². The van der Waals surface area contributed by atoms with Crippen molar-refractivity contribution in [3.8, 4) is 5.75 Å². The van der Waals surface area contributed by atoms with Crippen LogP contribution in [0.5, 0.6) is 5.75 Å². The second-order valence-electron chi connectivity index (χ2n) is 7.61. The molecule has 0 saturated heterocycles. The Kier molecular flexibility index (Phi) is 9.77. The highest BCUT2D eigenvalue weighted by Gasteiger charge is 2.33. The zero-order valence-corrected chi connectivity index (χ0v) is 17.8. The van der Waals surface area contributed by atoms with Crippen molar-refractivity contribution in [3.05, 3.63) is 29.8 Å². The summed E-state index contributed by atoms with van der Waals surface area (Å²) in [6, 6.07) is 7.58. The van der Waals surface area contributed by atoms with Crippen LogP contribution in [0.25, 0.3) is 0 Å². The van der Waals surface area contributed by atoms with E-state index in [2.05, 4.69) is 17.6 Å². The maximum Gasteiger partial charge on any atom is 0.255 e. The number of rotatable bonds is 12. The topological polar surface area (TPSA) is 98.0 Å². The Hall–Kier alpha value is -2.28. The third kappa shape index (κ3) is 8.31. The summed E-state index contributed by atoms with van der Waals surface area (Å²) in [5.41, 5.74) is 6.44. The van der Waals surface area contributed by atoms with E-state index in [0.29, 0.717) is 17.7 Å². The van der Waals surface area contributed by atoms with Crippen molar-refractivity contribution in [1.82, 2.24) is 10.6 Å². The molecule has 0 heterocycles. The predicted molar refractivity (Wildman–Crippen MR) is 116 cm³/mol. The molecule has 162 valence electrons. The van der Waals surface area contributed by atoms with Crippen LogP contribution in [-0.4, -0.2) is 44.8 Å². The van der Waals surface area contributed by atoms with Gasteiger partial charge in [0.25, 0.3) is 5.91 Å². The summed E-state index contributed by atoms with van der Waals surface area (Å²) in [5.74, 6) is 0.950. The monoisotopic (exact) mass is 404 g/mol. The number of nitrogens with zero attached hydrogens (tertiary/aromatic N) is 1. The Bertz CT molecular complexity index is 657. The van der Waals surface area contributed by atoms with E-state index in [4.69, 9.17) is 20.2 Å². The van der Waals surface area contributed by atoms with E-state index in [1.54, 1.807) is 0 Å². The Balaban J connectivity index is 1.95. The number of hydrogen-bond acceptors (Lipinski definition) is 4. The fourth-order valence-corrected chi connectivity index (χ4v) is 3.74. The van der Waals surface area contributed by atoms with Gasteiger partial charge >= 0.3 is 0 Å². The molecule has 7 nitrogen and oxygen atoms in total. The van der Waals surface area contributed by atoms with Crippen molar-refractivity contribution >= 4 is 11.9 Å². The minimum atomic E-state index is -0.489. The molecule has 1 aliphatic carbocycles. The van der Waals surface area contributed by atoms with E-state index in [9.17, 15) is 4.79 Å². The van der Waals surface area contributed by atoms with Gasteiger partial charge in [-0.2, -0.15) is 0 Å². The minimum Gasteiger partial charge on any atom is -0.484 e. The van der Waals surface area contributed by atoms with Gasteiger partial charge in [0.1, 0.15) is 5.75 Å². The Morgan fingerprint density at radius 2 is 2.03 bits per heavy atom. The lowest BCUT2D eigenvalue weighted by Crippen LogP contribution is -2.43. The molecule has 1 fully saturated rings. The molecule has 7 heteroatoms. The molecule has 0 aromatic heterocycles. The molecule has 0 aliphatic heterocycles. The molecule has 0 unspecified atom stereocenters. The fourth-order valence-electron chi connectivity index (χ4n) is 3.74. The van der Waals surface area contributed by atoms with E-state index in [1.807, 2.05) is 31.2 Å². The van der Waals surface area contributed by atoms with E-state index < -0.39 is 5.91 Å². The van der Waals surface area contributed by atoms with Crippen molar-refractivity contribution in [3.63, 3.8) is 0 Å². The van der Waals surface area contributed by atoms with E-state index >= 15 is 0 Å². The first kappa shape index (κ1) is 23.0. The average molecular weight is 405 g/mol. The molecule has 0 spiro atoms.